The lowest BCUT2D eigenvalue weighted by Crippen LogP contribution is -2.31. The number of carbonyl (C=O) groups excluding carboxylic acids is 1. The van der Waals surface area contributed by atoms with Crippen LogP contribution in [0.15, 0.2) is 18.2 Å². The molecule has 1 fully saturated rings. The van der Waals surface area contributed by atoms with Crippen molar-refractivity contribution in [3.63, 3.8) is 0 Å². The molecular weight excluding hydrogens is 224 g/mol. The largest absolute Gasteiger partial charge is 0.325 e. The molecule has 3 heteroatoms. The molecule has 3 nitrogen and oxygen atoms in total. The minimum atomic E-state index is 0.0600. The standard InChI is InChI=1S/C15H20N2O/c1-10-4-5-14-12(7-10)13(15(18)17-14)8-11-3-2-6-16-9-11/h4-5,7,11,13,16H,2-3,6,8-9H2,1H3,(H,17,18). The summed E-state index contributed by atoms with van der Waals surface area (Å²) in [6, 6.07) is 6.25. The lowest BCUT2D eigenvalue weighted by atomic mass is 9.85. The highest BCUT2D eigenvalue weighted by atomic mass is 16.2. The Bertz CT molecular complexity index is 464. The molecular formula is C15H20N2O. The lowest BCUT2D eigenvalue weighted by molar-refractivity contribution is -0.117. The highest BCUT2D eigenvalue weighted by Gasteiger charge is 2.32. The van der Waals surface area contributed by atoms with Crippen LogP contribution in [0.1, 0.15) is 36.3 Å². The van der Waals surface area contributed by atoms with Gasteiger partial charge in [0, 0.05) is 5.69 Å². The van der Waals surface area contributed by atoms with Crippen molar-refractivity contribution in [2.75, 3.05) is 18.4 Å². The molecule has 2 aliphatic heterocycles. The summed E-state index contributed by atoms with van der Waals surface area (Å²) in [5.41, 5.74) is 3.45. The third kappa shape index (κ3) is 2.15. The molecule has 3 rings (SSSR count). The monoisotopic (exact) mass is 244 g/mol. The summed E-state index contributed by atoms with van der Waals surface area (Å²) in [6.07, 6.45) is 3.47. The number of hydrogen-bond donors (Lipinski definition) is 2. The van der Waals surface area contributed by atoms with Crippen molar-refractivity contribution in [1.29, 1.82) is 0 Å². The number of piperidine rings is 1. The SMILES string of the molecule is Cc1ccc2c(c1)C(CC1CCCNC1)C(=O)N2. The first kappa shape index (κ1) is 11.7. The second kappa shape index (κ2) is 4.73. The molecule has 0 saturated carbocycles. The lowest BCUT2D eigenvalue weighted by Gasteiger charge is -2.24. The van der Waals surface area contributed by atoms with Gasteiger partial charge < -0.3 is 10.6 Å². The summed E-state index contributed by atoms with van der Waals surface area (Å²) in [6.45, 7) is 4.27. The average Bonchev–Trinajstić information content (AvgIpc) is 2.67. The van der Waals surface area contributed by atoms with Gasteiger partial charge in [-0.25, -0.2) is 0 Å². The minimum Gasteiger partial charge on any atom is -0.325 e. The Morgan fingerprint density at radius 2 is 2.28 bits per heavy atom. The van der Waals surface area contributed by atoms with Crippen LogP contribution in [-0.2, 0) is 4.79 Å². The molecule has 0 aromatic heterocycles. The fourth-order valence-corrected chi connectivity index (χ4v) is 3.14. The van der Waals surface area contributed by atoms with Gasteiger partial charge in [0.05, 0.1) is 5.92 Å². The molecule has 0 bridgehead atoms. The second-order valence-corrected chi connectivity index (χ2v) is 5.58. The van der Waals surface area contributed by atoms with Crippen LogP contribution in [0.3, 0.4) is 0 Å². The fourth-order valence-electron chi connectivity index (χ4n) is 3.14. The molecule has 0 aliphatic carbocycles. The summed E-state index contributed by atoms with van der Waals surface area (Å²) in [7, 11) is 0. The Morgan fingerprint density at radius 1 is 1.39 bits per heavy atom. The summed E-state index contributed by atoms with van der Waals surface area (Å²) in [5.74, 6) is 0.881. The molecule has 2 atom stereocenters. The van der Waals surface area contributed by atoms with Crippen molar-refractivity contribution < 1.29 is 4.79 Å². The van der Waals surface area contributed by atoms with Crippen molar-refractivity contribution in [3.8, 4) is 0 Å². The van der Waals surface area contributed by atoms with Crippen LogP contribution in [-0.4, -0.2) is 19.0 Å². The predicted molar refractivity (Wildman–Crippen MR) is 72.8 cm³/mol. The molecule has 2 N–H and O–H groups in total. The number of benzene rings is 1. The Hall–Kier alpha value is -1.35. The zero-order valence-corrected chi connectivity index (χ0v) is 10.8. The first-order chi connectivity index (χ1) is 8.74. The number of hydrogen-bond acceptors (Lipinski definition) is 2. The highest BCUT2D eigenvalue weighted by molar-refractivity contribution is 6.02. The van der Waals surface area contributed by atoms with Crippen molar-refractivity contribution in [3.05, 3.63) is 29.3 Å². The van der Waals surface area contributed by atoms with E-state index in [4.69, 9.17) is 0 Å². The van der Waals surface area contributed by atoms with E-state index in [-0.39, 0.29) is 11.8 Å². The van der Waals surface area contributed by atoms with Gasteiger partial charge in [0.1, 0.15) is 0 Å². The molecule has 96 valence electrons. The van der Waals surface area contributed by atoms with E-state index in [1.54, 1.807) is 0 Å². The van der Waals surface area contributed by atoms with Crippen molar-refractivity contribution in [2.24, 2.45) is 5.92 Å². The van der Waals surface area contributed by atoms with Crippen molar-refractivity contribution >= 4 is 11.6 Å². The first-order valence-corrected chi connectivity index (χ1v) is 6.86. The van der Waals surface area contributed by atoms with E-state index < -0.39 is 0 Å². The normalized spacial score (nSPS) is 26.8. The van der Waals surface area contributed by atoms with Crippen LogP contribution in [0.2, 0.25) is 0 Å². The number of anilines is 1. The van der Waals surface area contributed by atoms with Gasteiger partial charge in [0.15, 0.2) is 0 Å². The summed E-state index contributed by atoms with van der Waals surface area (Å²) in [5, 5.41) is 6.43. The van der Waals surface area contributed by atoms with E-state index in [9.17, 15) is 4.79 Å². The molecule has 1 aromatic rings. The quantitative estimate of drug-likeness (QED) is 0.839. The summed E-state index contributed by atoms with van der Waals surface area (Å²) in [4.78, 5) is 12.1. The highest BCUT2D eigenvalue weighted by Crippen LogP contribution is 2.38. The average molecular weight is 244 g/mol. The molecule has 1 amide bonds. The number of fused-ring (bicyclic) bond motifs is 1. The van der Waals surface area contributed by atoms with Gasteiger partial charge in [-0.2, -0.15) is 0 Å². The van der Waals surface area contributed by atoms with Crippen LogP contribution in [0.4, 0.5) is 5.69 Å². The third-order valence-corrected chi connectivity index (χ3v) is 4.12. The Kier molecular flexibility index (Phi) is 3.08. The zero-order valence-electron chi connectivity index (χ0n) is 10.8. The maximum Gasteiger partial charge on any atom is 0.232 e. The van der Waals surface area contributed by atoms with Gasteiger partial charge in [-0.1, -0.05) is 17.7 Å². The van der Waals surface area contributed by atoms with Gasteiger partial charge in [-0.05, 0) is 56.8 Å². The maximum atomic E-state index is 12.1. The number of rotatable bonds is 2. The summed E-state index contributed by atoms with van der Waals surface area (Å²) < 4.78 is 0. The zero-order chi connectivity index (χ0) is 12.5. The maximum absolute atomic E-state index is 12.1. The van der Waals surface area contributed by atoms with Crippen LogP contribution in [0.25, 0.3) is 0 Å². The van der Waals surface area contributed by atoms with E-state index in [2.05, 4.69) is 29.7 Å². The van der Waals surface area contributed by atoms with Crippen LogP contribution in [0.5, 0.6) is 0 Å². The van der Waals surface area contributed by atoms with Gasteiger partial charge in [-0.3, -0.25) is 4.79 Å². The number of nitrogens with one attached hydrogen (secondary N) is 2. The molecule has 2 aliphatic rings. The molecule has 2 heterocycles. The molecule has 2 unspecified atom stereocenters. The number of aryl methyl sites for hydroxylation is 1. The molecule has 0 radical (unpaired) electrons. The Morgan fingerprint density at radius 3 is 3.06 bits per heavy atom. The van der Waals surface area contributed by atoms with Gasteiger partial charge in [-0.15, -0.1) is 0 Å². The summed E-state index contributed by atoms with van der Waals surface area (Å²) >= 11 is 0. The predicted octanol–water partition coefficient (Wildman–Crippen LogP) is 2.42. The Balaban J connectivity index is 1.80. The third-order valence-electron chi connectivity index (χ3n) is 4.12. The smallest absolute Gasteiger partial charge is 0.232 e. The minimum absolute atomic E-state index is 0.0600. The van der Waals surface area contributed by atoms with Crippen LogP contribution < -0.4 is 10.6 Å². The molecule has 1 aromatic carbocycles. The topological polar surface area (TPSA) is 41.1 Å². The van der Waals surface area contributed by atoms with Crippen LogP contribution >= 0.6 is 0 Å². The van der Waals surface area contributed by atoms with E-state index in [0.717, 1.165) is 25.2 Å². The fraction of sp³-hybridized carbons (Fsp3) is 0.533. The molecule has 1 saturated heterocycles. The van der Waals surface area contributed by atoms with Crippen molar-refractivity contribution in [2.45, 2.75) is 32.1 Å². The Labute approximate surface area is 108 Å². The van der Waals surface area contributed by atoms with Crippen LogP contribution in [0, 0.1) is 12.8 Å². The number of carbonyl (C=O) groups is 1. The van der Waals surface area contributed by atoms with Gasteiger partial charge >= 0.3 is 0 Å². The first-order valence-electron chi connectivity index (χ1n) is 6.86. The van der Waals surface area contributed by atoms with E-state index in [1.807, 2.05) is 6.07 Å². The number of amides is 1. The second-order valence-electron chi connectivity index (χ2n) is 5.58. The van der Waals surface area contributed by atoms with E-state index >= 15 is 0 Å². The van der Waals surface area contributed by atoms with E-state index in [1.165, 1.54) is 24.0 Å². The molecule has 18 heavy (non-hydrogen) atoms. The molecule has 0 spiro atoms. The van der Waals surface area contributed by atoms with Crippen molar-refractivity contribution in [1.82, 2.24) is 5.32 Å². The van der Waals surface area contributed by atoms with E-state index in [0.29, 0.717) is 5.92 Å². The van der Waals surface area contributed by atoms with Gasteiger partial charge in [0.25, 0.3) is 0 Å². The van der Waals surface area contributed by atoms with Gasteiger partial charge in [0.2, 0.25) is 5.91 Å².